The highest BCUT2D eigenvalue weighted by Gasteiger charge is 2.14. The van der Waals surface area contributed by atoms with Crippen molar-refractivity contribution in [1.82, 2.24) is 4.90 Å². The molecule has 0 atom stereocenters. The molecule has 0 radical (unpaired) electrons. The number of thiocarbonyl (C=S) groups is 2. The molecule has 0 unspecified atom stereocenters. The van der Waals surface area contributed by atoms with Gasteiger partial charge in [0.2, 0.25) is 0 Å². The maximum atomic E-state index is 10.4. The average Bonchev–Trinajstić information content (AvgIpc) is 1.59. The first-order valence-corrected chi connectivity index (χ1v) is 2.97. The molecule has 0 aliphatic carbocycles. The number of carbonyl (C=O) groups is 1. The van der Waals surface area contributed by atoms with Crippen molar-refractivity contribution >= 4 is 40.7 Å². The zero-order valence-electron chi connectivity index (χ0n) is 4.90. The molecule has 5 nitrogen and oxygen atoms in total. The van der Waals surface area contributed by atoms with E-state index < -0.39 is 6.03 Å². The minimum absolute atomic E-state index is 0.250. The van der Waals surface area contributed by atoms with Gasteiger partial charge in [0.15, 0.2) is 10.2 Å². The second kappa shape index (κ2) is 3.28. The molecule has 0 spiro atoms. The SMILES string of the molecule is NC(=O)N(C(N)=S)C(N)=S. The van der Waals surface area contributed by atoms with Crippen molar-refractivity contribution < 1.29 is 4.79 Å². The van der Waals surface area contributed by atoms with Gasteiger partial charge in [-0.2, -0.15) is 0 Å². The second-order valence-electron chi connectivity index (χ2n) is 1.35. The quantitative estimate of drug-likeness (QED) is 0.407. The molecule has 7 heteroatoms. The summed E-state index contributed by atoms with van der Waals surface area (Å²) in [7, 11) is 0. The lowest BCUT2D eigenvalue weighted by Gasteiger charge is -2.14. The van der Waals surface area contributed by atoms with Gasteiger partial charge in [0, 0.05) is 0 Å². The Kier molecular flexibility index (Phi) is 2.97. The van der Waals surface area contributed by atoms with Crippen molar-refractivity contribution in [3.63, 3.8) is 0 Å². The third kappa shape index (κ3) is 2.11. The maximum absolute atomic E-state index is 10.4. The first kappa shape index (κ1) is 9.05. The topological polar surface area (TPSA) is 98.4 Å². The van der Waals surface area contributed by atoms with E-state index >= 15 is 0 Å². The summed E-state index contributed by atoms with van der Waals surface area (Å²) in [5, 5.41) is -0.500. The molecule has 0 aromatic heterocycles. The fourth-order valence-corrected chi connectivity index (χ4v) is 0.760. The number of primary amides is 1. The number of hydrogen-bond donors (Lipinski definition) is 3. The van der Waals surface area contributed by atoms with Crippen molar-refractivity contribution in [2.24, 2.45) is 17.2 Å². The highest BCUT2D eigenvalue weighted by molar-refractivity contribution is 7.81. The summed E-state index contributed by atoms with van der Waals surface area (Å²) < 4.78 is 0. The fourth-order valence-electron chi connectivity index (χ4n) is 0.326. The average molecular weight is 178 g/mol. The van der Waals surface area contributed by atoms with Crippen LogP contribution in [-0.4, -0.2) is 21.2 Å². The monoisotopic (exact) mass is 178 g/mol. The Morgan fingerprint density at radius 1 is 1.10 bits per heavy atom. The van der Waals surface area contributed by atoms with Gasteiger partial charge in [-0.1, -0.05) is 0 Å². The number of hydrogen-bond acceptors (Lipinski definition) is 3. The molecule has 0 aromatic carbocycles. The third-order valence-electron chi connectivity index (χ3n) is 0.661. The van der Waals surface area contributed by atoms with E-state index in [1.165, 1.54) is 0 Å². The molecule has 0 heterocycles. The van der Waals surface area contributed by atoms with Crippen LogP contribution in [0, 0.1) is 0 Å². The van der Waals surface area contributed by atoms with Crippen molar-refractivity contribution in [2.75, 3.05) is 0 Å². The predicted molar refractivity (Wildman–Crippen MR) is 45.0 cm³/mol. The Balaban J connectivity index is 4.43. The van der Waals surface area contributed by atoms with Gasteiger partial charge in [0.1, 0.15) is 0 Å². The van der Waals surface area contributed by atoms with Crippen LogP contribution in [0.3, 0.4) is 0 Å². The van der Waals surface area contributed by atoms with Gasteiger partial charge in [-0.05, 0) is 24.4 Å². The highest BCUT2D eigenvalue weighted by Crippen LogP contribution is 1.86. The van der Waals surface area contributed by atoms with Crippen LogP contribution in [0.15, 0.2) is 0 Å². The van der Waals surface area contributed by atoms with Gasteiger partial charge in [-0.15, -0.1) is 0 Å². The summed E-state index contributed by atoms with van der Waals surface area (Å²) in [6, 6.07) is -0.875. The lowest BCUT2D eigenvalue weighted by Crippen LogP contribution is -2.49. The summed E-state index contributed by atoms with van der Waals surface area (Å²) in [5.41, 5.74) is 14.8. The van der Waals surface area contributed by atoms with Crippen LogP contribution in [-0.2, 0) is 0 Å². The van der Waals surface area contributed by atoms with Gasteiger partial charge in [0.05, 0.1) is 0 Å². The van der Waals surface area contributed by atoms with Crippen LogP contribution in [0.2, 0.25) is 0 Å². The summed E-state index contributed by atoms with van der Waals surface area (Å²) in [4.78, 5) is 11.1. The van der Waals surface area contributed by atoms with Gasteiger partial charge in [-0.3, -0.25) is 0 Å². The molecule has 0 aromatic rings. The number of nitrogens with zero attached hydrogens (tertiary/aromatic N) is 1. The second-order valence-corrected chi connectivity index (χ2v) is 2.19. The standard InChI is InChI=1S/C3H6N4OS2/c4-1(8)7(2(5)9)3(6)10/h(H2,4,8)(H2,5,9)(H2,6,10). The molecule has 56 valence electrons. The number of urea groups is 1. The Morgan fingerprint density at radius 3 is 1.40 bits per heavy atom. The van der Waals surface area contributed by atoms with E-state index in [9.17, 15) is 4.79 Å². The third-order valence-corrected chi connectivity index (χ3v) is 1.03. The smallest absolute Gasteiger partial charge is 0.327 e. The number of carbonyl (C=O) groups excluding carboxylic acids is 1. The van der Waals surface area contributed by atoms with Crippen LogP contribution in [0.1, 0.15) is 0 Å². The molecular formula is C3H6N4OS2. The molecule has 0 fully saturated rings. The van der Waals surface area contributed by atoms with Gasteiger partial charge < -0.3 is 17.2 Å². The predicted octanol–water partition coefficient (Wildman–Crippen LogP) is -1.15. The van der Waals surface area contributed by atoms with Crippen molar-refractivity contribution in [1.29, 1.82) is 0 Å². The van der Waals surface area contributed by atoms with E-state index in [4.69, 9.17) is 17.2 Å². The van der Waals surface area contributed by atoms with E-state index in [1.54, 1.807) is 0 Å². The Hall–Kier alpha value is -0.950. The minimum Gasteiger partial charge on any atom is -0.375 e. The Morgan fingerprint density at radius 2 is 1.40 bits per heavy atom. The summed E-state index contributed by atoms with van der Waals surface area (Å²) >= 11 is 8.81. The highest BCUT2D eigenvalue weighted by atomic mass is 32.1. The van der Waals surface area contributed by atoms with Crippen molar-refractivity contribution in [3.05, 3.63) is 0 Å². The summed E-state index contributed by atoms with van der Waals surface area (Å²) in [6.45, 7) is 0. The van der Waals surface area contributed by atoms with Gasteiger partial charge >= 0.3 is 6.03 Å². The Bertz CT molecular complexity index is 158. The molecule has 10 heavy (non-hydrogen) atoms. The molecule has 0 bridgehead atoms. The van der Waals surface area contributed by atoms with Gasteiger partial charge in [0.25, 0.3) is 0 Å². The molecule has 6 N–H and O–H groups in total. The maximum Gasteiger partial charge on any atom is 0.327 e. The van der Waals surface area contributed by atoms with Crippen molar-refractivity contribution in [3.8, 4) is 0 Å². The fraction of sp³-hybridized carbons (Fsp3) is 0. The van der Waals surface area contributed by atoms with Crippen LogP contribution in [0.25, 0.3) is 0 Å². The zero-order chi connectivity index (χ0) is 8.31. The largest absolute Gasteiger partial charge is 0.375 e. The number of rotatable bonds is 0. The summed E-state index contributed by atoms with van der Waals surface area (Å²) in [5.74, 6) is 0. The molecule has 0 aliphatic rings. The molecular weight excluding hydrogens is 172 g/mol. The molecule has 2 amide bonds. The van der Waals surface area contributed by atoms with Crippen LogP contribution >= 0.6 is 24.4 Å². The van der Waals surface area contributed by atoms with Crippen LogP contribution in [0.4, 0.5) is 4.79 Å². The van der Waals surface area contributed by atoms with Crippen molar-refractivity contribution in [2.45, 2.75) is 0 Å². The number of nitrogens with two attached hydrogens (primary N) is 3. The summed E-state index contributed by atoms with van der Waals surface area (Å²) in [6.07, 6.45) is 0. The normalized spacial score (nSPS) is 8.40. The van der Waals surface area contributed by atoms with E-state index in [0.29, 0.717) is 4.90 Å². The van der Waals surface area contributed by atoms with E-state index in [2.05, 4.69) is 24.4 Å². The zero-order valence-corrected chi connectivity index (χ0v) is 6.54. The lowest BCUT2D eigenvalue weighted by molar-refractivity contribution is 0.242. The number of amides is 2. The van der Waals surface area contributed by atoms with E-state index in [0.717, 1.165) is 0 Å². The van der Waals surface area contributed by atoms with Gasteiger partial charge in [-0.25, -0.2) is 9.69 Å². The van der Waals surface area contributed by atoms with E-state index in [1.807, 2.05) is 0 Å². The minimum atomic E-state index is -0.875. The molecule has 0 saturated carbocycles. The molecule has 0 saturated heterocycles. The first-order chi connectivity index (χ1) is 4.46. The molecule has 0 aliphatic heterocycles. The Labute approximate surface area is 68.1 Å². The van der Waals surface area contributed by atoms with Crippen LogP contribution in [0.5, 0.6) is 0 Å². The van der Waals surface area contributed by atoms with E-state index in [-0.39, 0.29) is 10.2 Å². The lowest BCUT2D eigenvalue weighted by atomic mass is 10.7. The first-order valence-electron chi connectivity index (χ1n) is 2.15. The molecule has 0 rings (SSSR count). The van der Waals surface area contributed by atoms with Crippen LogP contribution < -0.4 is 17.2 Å².